The van der Waals surface area contributed by atoms with E-state index in [4.69, 9.17) is 14.7 Å². The minimum Gasteiger partial charge on any atom is -0.377 e. The van der Waals surface area contributed by atoms with Crippen LogP contribution in [-0.4, -0.2) is 54.5 Å². The summed E-state index contributed by atoms with van der Waals surface area (Å²) in [7, 11) is 1.64. The van der Waals surface area contributed by atoms with Gasteiger partial charge in [-0.1, -0.05) is 12.1 Å². The van der Waals surface area contributed by atoms with E-state index in [1.807, 2.05) is 24.5 Å². The molecule has 0 amide bonds. The Labute approximate surface area is 196 Å². The van der Waals surface area contributed by atoms with E-state index in [2.05, 4.69) is 77.7 Å². The third-order valence-corrected chi connectivity index (χ3v) is 7.33. The van der Waals surface area contributed by atoms with Crippen molar-refractivity contribution in [3.8, 4) is 17.2 Å². The summed E-state index contributed by atoms with van der Waals surface area (Å²) in [5, 5.41) is 9.58. The fourth-order valence-corrected chi connectivity index (χ4v) is 5.44. The molecule has 0 spiro atoms. The van der Waals surface area contributed by atoms with E-state index < -0.39 is 0 Å². The molecule has 1 saturated heterocycles. The molecule has 4 heterocycles. The fourth-order valence-electron chi connectivity index (χ4n) is 4.07. The molecule has 0 N–H and O–H groups in total. The zero-order valence-electron chi connectivity index (χ0n) is 17.5. The zero-order chi connectivity index (χ0) is 21.5. The number of hydrogen-bond donors (Lipinski definition) is 0. The average Bonchev–Trinajstić information content (AvgIpc) is 3.36. The Hall–Kier alpha value is -2.18. The van der Waals surface area contributed by atoms with Gasteiger partial charge in [0.2, 0.25) is 0 Å². The molecule has 0 saturated carbocycles. The average molecular weight is 547 g/mol. The summed E-state index contributed by atoms with van der Waals surface area (Å²) in [4.78, 5) is 12.3. The van der Waals surface area contributed by atoms with E-state index >= 15 is 0 Å². The van der Waals surface area contributed by atoms with Crippen molar-refractivity contribution in [1.29, 1.82) is 0 Å². The maximum atomic E-state index is 5.65. The molecular weight excluding hydrogens is 525 g/mol. The second-order valence-corrected chi connectivity index (χ2v) is 9.32. The van der Waals surface area contributed by atoms with Crippen molar-refractivity contribution in [2.45, 2.75) is 26.8 Å². The van der Waals surface area contributed by atoms with E-state index in [-0.39, 0.29) is 6.04 Å². The summed E-state index contributed by atoms with van der Waals surface area (Å²) in [5.41, 5.74) is 2.15. The van der Waals surface area contributed by atoms with Crippen LogP contribution >= 0.6 is 30.3 Å². The van der Waals surface area contributed by atoms with Crippen molar-refractivity contribution in [3.05, 3.63) is 48.2 Å². The highest BCUT2D eigenvalue weighted by Gasteiger charge is 2.23. The van der Waals surface area contributed by atoms with Gasteiger partial charge in [-0.2, -0.15) is 0 Å². The lowest BCUT2D eigenvalue weighted by atomic mass is 10.1. The maximum absolute atomic E-state index is 5.65. The van der Waals surface area contributed by atoms with Gasteiger partial charge < -0.3 is 9.64 Å². The number of morpholine rings is 1. The SMILES string of the molecule is Cc1nnc(C)n1-c1cc(N2CCOC[C@H]2C)nc(-c2cccc3c2ccn3SI)n1. The summed E-state index contributed by atoms with van der Waals surface area (Å²) >= 11 is 2.29. The molecule has 8 nitrogen and oxygen atoms in total. The number of benzene rings is 1. The number of ether oxygens (including phenoxy) is 1. The summed E-state index contributed by atoms with van der Waals surface area (Å²) in [5.74, 6) is 3.96. The van der Waals surface area contributed by atoms with E-state index in [9.17, 15) is 0 Å². The van der Waals surface area contributed by atoms with Gasteiger partial charge in [0.25, 0.3) is 0 Å². The number of hydrogen-bond acceptors (Lipinski definition) is 7. The quantitative estimate of drug-likeness (QED) is 0.352. The molecule has 1 aliphatic heterocycles. The fraction of sp³-hybridized carbons (Fsp3) is 0.333. The smallest absolute Gasteiger partial charge is 0.164 e. The third kappa shape index (κ3) is 3.70. The van der Waals surface area contributed by atoms with Crippen LogP contribution in [0.15, 0.2) is 36.5 Å². The van der Waals surface area contributed by atoms with E-state index in [0.717, 1.165) is 46.3 Å². The molecule has 160 valence electrons. The molecule has 1 aliphatic rings. The van der Waals surface area contributed by atoms with Crippen LogP contribution in [0.5, 0.6) is 0 Å². The summed E-state index contributed by atoms with van der Waals surface area (Å²) in [6.07, 6.45) is 2.08. The Kier molecular flexibility index (Phi) is 5.61. The normalized spacial score (nSPS) is 16.9. The zero-order valence-corrected chi connectivity index (χ0v) is 20.5. The first-order valence-electron chi connectivity index (χ1n) is 10.1. The second-order valence-electron chi connectivity index (χ2n) is 7.60. The Morgan fingerprint density at radius 1 is 1.10 bits per heavy atom. The van der Waals surface area contributed by atoms with E-state index in [1.54, 1.807) is 9.12 Å². The van der Waals surface area contributed by atoms with Crippen molar-refractivity contribution >= 4 is 47.0 Å². The largest absolute Gasteiger partial charge is 0.377 e. The first-order chi connectivity index (χ1) is 15.1. The Morgan fingerprint density at radius 2 is 1.87 bits per heavy atom. The van der Waals surface area contributed by atoms with Gasteiger partial charge in [0.15, 0.2) is 5.82 Å². The molecule has 0 unspecified atom stereocenters. The summed E-state index contributed by atoms with van der Waals surface area (Å²) in [6.45, 7) is 8.21. The van der Waals surface area contributed by atoms with Gasteiger partial charge in [-0.05, 0) is 32.9 Å². The summed E-state index contributed by atoms with van der Waals surface area (Å²) in [6, 6.07) is 10.7. The Morgan fingerprint density at radius 3 is 2.61 bits per heavy atom. The lowest BCUT2D eigenvalue weighted by Crippen LogP contribution is -2.44. The molecule has 31 heavy (non-hydrogen) atoms. The van der Waals surface area contributed by atoms with Crippen LogP contribution in [0.1, 0.15) is 18.6 Å². The van der Waals surface area contributed by atoms with Crippen LogP contribution in [0.4, 0.5) is 5.82 Å². The number of fused-ring (bicyclic) bond motifs is 1. The molecule has 1 atom stereocenters. The van der Waals surface area contributed by atoms with Crippen molar-refractivity contribution in [2.75, 3.05) is 24.7 Å². The lowest BCUT2D eigenvalue weighted by Gasteiger charge is -2.34. The predicted molar refractivity (Wildman–Crippen MR) is 132 cm³/mol. The molecule has 1 fully saturated rings. The van der Waals surface area contributed by atoms with Crippen LogP contribution in [0.25, 0.3) is 28.1 Å². The number of aryl methyl sites for hydroxylation is 2. The van der Waals surface area contributed by atoms with Gasteiger partial charge in [-0.3, -0.25) is 8.54 Å². The first kappa shape index (κ1) is 20.7. The highest BCUT2D eigenvalue weighted by Crippen LogP contribution is 2.33. The molecular formula is C21H22IN7OS. The molecule has 10 heteroatoms. The van der Waals surface area contributed by atoms with Gasteiger partial charge >= 0.3 is 0 Å². The molecule has 0 radical (unpaired) electrons. The number of rotatable bonds is 4. The van der Waals surface area contributed by atoms with E-state index in [1.165, 1.54) is 0 Å². The first-order valence-corrected chi connectivity index (χ1v) is 13.4. The number of aromatic nitrogens is 6. The van der Waals surface area contributed by atoms with Crippen molar-refractivity contribution in [2.24, 2.45) is 0 Å². The third-order valence-electron chi connectivity index (χ3n) is 5.59. The van der Waals surface area contributed by atoms with Crippen molar-refractivity contribution in [3.63, 3.8) is 0 Å². The minimum absolute atomic E-state index is 0.236. The van der Waals surface area contributed by atoms with Crippen LogP contribution in [0.3, 0.4) is 0 Å². The molecule has 0 aliphatic carbocycles. The van der Waals surface area contributed by atoms with Crippen molar-refractivity contribution < 1.29 is 4.74 Å². The van der Waals surface area contributed by atoms with Crippen LogP contribution < -0.4 is 4.90 Å². The molecule has 3 aromatic heterocycles. The predicted octanol–water partition coefficient (Wildman–Crippen LogP) is 4.37. The van der Waals surface area contributed by atoms with Gasteiger partial charge in [0, 0.05) is 60.1 Å². The van der Waals surface area contributed by atoms with Crippen LogP contribution in [-0.2, 0) is 4.74 Å². The van der Waals surface area contributed by atoms with Gasteiger partial charge in [0.1, 0.15) is 23.3 Å². The molecule has 1 aromatic carbocycles. The number of halogens is 1. The molecule has 5 rings (SSSR count). The standard InChI is InChI=1S/C21H22IN7OS/c1-13-12-30-10-9-27(13)19-11-20(29-14(2)25-26-15(29)3)24-21(23-19)17-5-4-6-18-16(17)7-8-28(18)31-22/h4-8,11,13H,9-10,12H2,1-3H3/t13-/m1/s1. The van der Waals surface area contributed by atoms with Crippen LogP contribution in [0, 0.1) is 13.8 Å². The maximum Gasteiger partial charge on any atom is 0.164 e. The van der Waals surface area contributed by atoms with Crippen molar-refractivity contribution in [1.82, 2.24) is 28.7 Å². The van der Waals surface area contributed by atoms with Gasteiger partial charge in [-0.25, -0.2) is 9.97 Å². The lowest BCUT2D eigenvalue weighted by molar-refractivity contribution is 0.0985. The number of anilines is 1. The summed E-state index contributed by atoms with van der Waals surface area (Å²) < 4.78 is 9.76. The Bertz CT molecular complexity index is 1230. The topological polar surface area (TPSA) is 73.9 Å². The Balaban J connectivity index is 1.73. The van der Waals surface area contributed by atoms with Crippen LogP contribution in [0.2, 0.25) is 0 Å². The second kappa shape index (κ2) is 8.40. The number of nitrogens with zero attached hydrogens (tertiary/aromatic N) is 7. The molecule has 0 bridgehead atoms. The highest BCUT2D eigenvalue weighted by atomic mass is 127. The van der Waals surface area contributed by atoms with Gasteiger partial charge in [-0.15, -0.1) is 10.2 Å². The monoisotopic (exact) mass is 547 g/mol. The highest BCUT2D eigenvalue weighted by molar-refractivity contribution is 14.2. The van der Waals surface area contributed by atoms with E-state index in [0.29, 0.717) is 19.0 Å². The molecule has 4 aromatic rings. The van der Waals surface area contributed by atoms with Gasteiger partial charge in [0.05, 0.1) is 24.8 Å². The minimum atomic E-state index is 0.236.